The Labute approximate surface area is 191 Å². The van der Waals surface area contributed by atoms with Crippen LogP contribution in [0.25, 0.3) is 22.4 Å². The molecule has 1 heterocycles. The van der Waals surface area contributed by atoms with Crippen LogP contribution in [0.1, 0.15) is 28.9 Å². The number of amides is 1. The average Bonchev–Trinajstić information content (AvgIpc) is 3.19. The second-order valence-electron chi connectivity index (χ2n) is 7.60. The first-order valence-corrected chi connectivity index (χ1v) is 10.4. The summed E-state index contributed by atoms with van der Waals surface area (Å²) in [5, 5.41) is 11.9. The number of carboxylic acid groups (broad SMARTS) is 1. The smallest absolute Gasteiger partial charge is 0.413 e. The zero-order chi connectivity index (χ0) is 23.4. The number of nitrogens with one attached hydrogen (secondary N) is 1. The van der Waals surface area contributed by atoms with Gasteiger partial charge in [-0.3, -0.25) is 5.32 Å². The second kappa shape index (κ2) is 9.40. The van der Waals surface area contributed by atoms with Crippen LogP contribution >= 0.6 is 0 Å². The number of nitrogens with zero attached hydrogens (tertiary/aromatic N) is 2. The molecule has 1 aromatic heterocycles. The average molecular weight is 441 g/mol. The van der Waals surface area contributed by atoms with E-state index in [2.05, 4.69) is 10.3 Å². The number of hydrogen-bond acceptors (Lipinski definition) is 4. The fourth-order valence-corrected chi connectivity index (χ4v) is 3.49. The molecule has 0 fully saturated rings. The molecule has 0 saturated heterocycles. The van der Waals surface area contributed by atoms with Crippen LogP contribution in [0.4, 0.5) is 10.6 Å². The maximum atomic E-state index is 12.5. The molecule has 166 valence electrons. The zero-order valence-corrected chi connectivity index (χ0v) is 18.2. The molecule has 2 N–H and O–H groups in total. The van der Waals surface area contributed by atoms with E-state index in [1.807, 2.05) is 61.5 Å². The van der Waals surface area contributed by atoms with E-state index in [9.17, 15) is 9.59 Å². The minimum Gasteiger partial charge on any atom is -0.478 e. The van der Waals surface area contributed by atoms with E-state index < -0.39 is 18.2 Å². The minimum absolute atomic E-state index is 0.244. The lowest BCUT2D eigenvalue weighted by Crippen LogP contribution is -2.18. The summed E-state index contributed by atoms with van der Waals surface area (Å²) in [6.07, 6.45) is 0.672. The molecule has 7 heteroatoms. The van der Waals surface area contributed by atoms with Crippen molar-refractivity contribution >= 4 is 17.9 Å². The normalized spacial score (nSPS) is 11.6. The Bertz CT molecular complexity index is 1260. The fraction of sp³-hybridized carbons (Fsp3) is 0.115. The van der Waals surface area contributed by atoms with Gasteiger partial charge in [-0.05, 0) is 35.7 Å². The van der Waals surface area contributed by atoms with E-state index in [4.69, 9.17) is 9.84 Å². The molecular weight excluding hydrogens is 418 g/mol. The first-order valence-electron chi connectivity index (χ1n) is 10.4. The topological polar surface area (TPSA) is 93.4 Å². The number of ether oxygens (including phenoxy) is 1. The van der Waals surface area contributed by atoms with Crippen molar-refractivity contribution in [3.63, 3.8) is 0 Å². The number of aromatic carboxylic acids is 1. The number of anilines is 1. The highest BCUT2D eigenvalue weighted by atomic mass is 16.6. The number of aromatic nitrogens is 2. The highest BCUT2D eigenvalue weighted by Gasteiger charge is 2.17. The molecule has 0 bridgehead atoms. The Balaban J connectivity index is 1.50. The molecule has 0 saturated carbocycles. The van der Waals surface area contributed by atoms with Gasteiger partial charge in [-0.2, -0.15) is 0 Å². The quantitative estimate of drug-likeness (QED) is 0.397. The van der Waals surface area contributed by atoms with Crippen molar-refractivity contribution < 1.29 is 19.4 Å². The third-order valence-electron chi connectivity index (χ3n) is 5.33. The number of carbonyl (C=O) groups excluding carboxylic acids is 1. The molecule has 0 radical (unpaired) electrons. The molecule has 4 rings (SSSR count). The number of rotatable bonds is 6. The molecule has 4 aromatic rings. The number of hydrogen-bond donors (Lipinski definition) is 2. The van der Waals surface area contributed by atoms with E-state index in [0.717, 1.165) is 22.3 Å². The summed E-state index contributed by atoms with van der Waals surface area (Å²) < 4.78 is 7.25. The molecule has 3 aromatic carbocycles. The Hall–Kier alpha value is -4.39. The van der Waals surface area contributed by atoms with Gasteiger partial charge in [0.1, 0.15) is 17.6 Å². The molecule has 0 aliphatic rings. The summed E-state index contributed by atoms with van der Waals surface area (Å²) in [4.78, 5) is 28.0. The van der Waals surface area contributed by atoms with Crippen LogP contribution in [0.2, 0.25) is 0 Å². The van der Waals surface area contributed by atoms with E-state index in [1.54, 1.807) is 42.2 Å². The van der Waals surface area contributed by atoms with Crippen LogP contribution in [-0.2, 0) is 11.8 Å². The second-order valence-corrected chi connectivity index (χ2v) is 7.60. The van der Waals surface area contributed by atoms with Gasteiger partial charge in [-0.15, -0.1) is 0 Å². The van der Waals surface area contributed by atoms with Gasteiger partial charge < -0.3 is 14.4 Å². The molecule has 0 aliphatic heterocycles. The van der Waals surface area contributed by atoms with Crippen LogP contribution in [0.3, 0.4) is 0 Å². The maximum absolute atomic E-state index is 12.5. The van der Waals surface area contributed by atoms with Gasteiger partial charge in [0.25, 0.3) is 0 Å². The number of aryl methyl sites for hydroxylation is 1. The molecule has 33 heavy (non-hydrogen) atoms. The molecular formula is C26H23N3O4. The summed E-state index contributed by atoms with van der Waals surface area (Å²) >= 11 is 0. The highest BCUT2D eigenvalue weighted by molar-refractivity contribution is 5.90. The van der Waals surface area contributed by atoms with E-state index >= 15 is 0 Å². The molecule has 7 nitrogen and oxygen atoms in total. The standard InChI is InChI=1S/C26H23N3O4/c1-17(18-6-4-3-5-7-18)33-26(32)28-24-23(27-16-29(24)2)21-12-8-19(9-13-21)20-10-14-22(15-11-20)25(30)31/h3-17H,1-2H3,(H,28,32)(H,30,31)/t17-/m1/s1. The van der Waals surface area contributed by atoms with Crippen LogP contribution in [-0.4, -0.2) is 26.7 Å². The first kappa shape index (κ1) is 21.8. The monoisotopic (exact) mass is 441 g/mol. The summed E-state index contributed by atoms with van der Waals surface area (Å²) in [5.74, 6) is -0.428. The number of carboxylic acids is 1. The number of imidazole rings is 1. The largest absolute Gasteiger partial charge is 0.478 e. The van der Waals surface area contributed by atoms with Crippen molar-refractivity contribution in [1.82, 2.24) is 9.55 Å². The van der Waals surface area contributed by atoms with Crippen molar-refractivity contribution in [1.29, 1.82) is 0 Å². The zero-order valence-electron chi connectivity index (χ0n) is 18.2. The first-order chi connectivity index (χ1) is 15.9. The van der Waals surface area contributed by atoms with Crippen LogP contribution in [0, 0.1) is 0 Å². The van der Waals surface area contributed by atoms with Gasteiger partial charge in [0, 0.05) is 12.6 Å². The van der Waals surface area contributed by atoms with Gasteiger partial charge in [0.2, 0.25) is 0 Å². The Kier molecular flexibility index (Phi) is 6.22. The SMILES string of the molecule is C[C@@H](OC(=O)Nc1c(-c2ccc(-c3ccc(C(=O)O)cc3)cc2)ncn1C)c1ccccc1. The molecule has 1 amide bonds. The Morgan fingerprint density at radius 3 is 2.09 bits per heavy atom. The van der Waals surface area contributed by atoms with Gasteiger partial charge in [0.15, 0.2) is 0 Å². The maximum Gasteiger partial charge on any atom is 0.413 e. The predicted molar refractivity (Wildman–Crippen MR) is 126 cm³/mol. The van der Waals surface area contributed by atoms with Crippen molar-refractivity contribution in [2.24, 2.45) is 7.05 Å². The lowest BCUT2D eigenvalue weighted by molar-refractivity contribution is 0.0696. The summed E-state index contributed by atoms with van der Waals surface area (Å²) in [6, 6.07) is 23.9. The van der Waals surface area contributed by atoms with Gasteiger partial charge in [-0.25, -0.2) is 14.6 Å². The summed E-state index contributed by atoms with van der Waals surface area (Å²) in [5.41, 5.74) is 4.45. The third-order valence-corrected chi connectivity index (χ3v) is 5.33. The molecule has 1 atom stereocenters. The summed E-state index contributed by atoms with van der Waals surface area (Å²) in [7, 11) is 1.80. The van der Waals surface area contributed by atoms with Crippen molar-refractivity contribution in [3.05, 3.63) is 96.3 Å². The summed E-state index contributed by atoms with van der Waals surface area (Å²) in [6.45, 7) is 1.82. The molecule has 0 unspecified atom stereocenters. The van der Waals surface area contributed by atoms with Crippen molar-refractivity contribution in [2.75, 3.05) is 5.32 Å². The van der Waals surface area contributed by atoms with E-state index in [-0.39, 0.29) is 5.56 Å². The number of benzene rings is 3. The van der Waals surface area contributed by atoms with Crippen molar-refractivity contribution in [2.45, 2.75) is 13.0 Å². The Morgan fingerprint density at radius 1 is 0.909 bits per heavy atom. The lowest BCUT2D eigenvalue weighted by atomic mass is 10.0. The Morgan fingerprint density at radius 2 is 1.48 bits per heavy atom. The highest BCUT2D eigenvalue weighted by Crippen LogP contribution is 2.29. The third kappa shape index (κ3) is 4.93. The minimum atomic E-state index is -0.955. The lowest BCUT2D eigenvalue weighted by Gasteiger charge is -2.15. The fourth-order valence-electron chi connectivity index (χ4n) is 3.49. The molecule has 0 aliphatic carbocycles. The van der Waals surface area contributed by atoms with Gasteiger partial charge in [0.05, 0.1) is 11.9 Å². The van der Waals surface area contributed by atoms with E-state index in [0.29, 0.717) is 11.5 Å². The van der Waals surface area contributed by atoms with Gasteiger partial charge >= 0.3 is 12.1 Å². The van der Waals surface area contributed by atoms with E-state index in [1.165, 1.54) is 0 Å². The van der Waals surface area contributed by atoms with Crippen molar-refractivity contribution in [3.8, 4) is 22.4 Å². The predicted octanol–water partition coefficient (Wildman–Crippen LogP) is 5.76. The van der Waals surface area contributed by atoms with Crippen LogP contribution < -0.4 is 5.32 Å². The van der Waals surface area contributed by atoms with Crippen LogP contribution in [0.15, 0.2) is 85.2 Å². The van der Waals surface area contributed by atoms with Gasteiger partial charge in [-0.1, -0.05) is 66.7 Å². The molecule has 0 spiro atoms. The number of carbonyl (C=O) groups is 2. The van der Waals surface area contributed by atoms with Crippen LogP contribution in [0.5, 0.6) is 0 Å².